The molecule has 0 radical (unpaired) electrons. The van der Waals surface area contributed by atoms with Crippen LogP contribution < -0.4 is 0 Å². The second kappa shape index (κ2) is 4.79. The summed E-state index contributed by atoms with van der Waals surface area (Å²) < 4.78 is 4.86. The van der Waals surface area contributed by atoms with Gasteiger partial charge in [-0.1, -0.05) is 13.8 Å². The molecular formula is C10H16N2O2. The molecule has 14 heavy (non-hydrogen) atoms. The predicted molar refractivity (Wildman–Crippen MR) is 53.0 cm³/mol. The van der Waals surface area contributed by atoms with Crippen LogP contribution in [0.15, 0.2) is 6.33 Å². The molecule has 4 heteroatoms. The zero-order chi connectivity index (χ0) is 10.6. The molecule has 0 fully saturated rings. The normalized spacial score (nSPS) is 10.6. The highest BCUT2D eigenvalue weighted by molar-refractivity contribution is 5.72. The molecule has 4 nitrogen and oxygen atoms in total. The van der Waals surface area contributed by atoms with E-state index in [-0.39, 0.29) is 12.4 Å². The van der Waals surface area contributed by atoms with Crippen molar-refractivity contribution in [2.75, 3.05) is 6.61 Å². The molecule has 1 rings (SSSR count). The Morgan fingerprint density at radius 1 is 1.64 bits per heavy atom. The van der Waals surface area contributed by atoms with Gasteiger partial charge in [0.1, 0.15) is 0 Å². The second-order valence-corrected chi connectivity index (χ2v) is 3.40. The molecule has 0 amide bonds. The van der Waals surface area contributed by atoms with Crippen LogP contribution in [0.1, 0.15) is 38.1 Å². The van der Waals surface area contributed by atoms with Gasteiger partial charge in [-0.25, -0.2) is 4.98 Å². The van der Waals surface area contributed by atoms with Crippen molar-refractivity contribution in [3.8, 4) is 0 Å². The molecule has 78 valence electrons. The number of aromatic amines is 1. The van der Waals surface area contributed by atoms with E-state index in [0.717, 1.165) is 11.4 Å². The van der Waals surface area contributed by atoms with Crippen LogP contribution in [-0.4, -0.2) is 22.5 Å². The van der Waals surface area contributed by atoms with E-state index in [2.05, 4.69) is 9.97 Å². The molecule has 1 N–H and O–H groups in total. The van der Waals surface area contributed by atoms with Gasteiger partial charge in [0.15, 0.2) is 0 Å². The monoisotopic (exact) mass is 196 g/mol. The third-order valence-electron chi connectivity index (χ3n) is 1.92. The van der Waals surface area contributed by atoms with Crippen LogP contribution in [0.3, 0.4) is 0 Å². The summed E-state index contributed by atoms with van der Waals surface area (Å²) >= 11 is 0. The SMILES string of the molecule is CCOC(=O)Cc1[nH]cnc1C(C)C. The highest BCUT2D eigenvalue weighted by Crippen LogP contribution is 2.15. The average Bonchev–Trinajstić information content (AvgIpc) is 2.52. The van der Waals surface area contributed by atoms with Crippen molar-refractivity contribution in [1.82, 2.24) is 9.97 Å². The lowest BCUT2D eigenvalue weighted by molar-refractivity contribution is -0.142. The minimum atomic E-state index is -0.210. The molecule has 0 bridgehead atoms. The number of imidazole rings is 1. The van der Waals surface area contributed by atoms with Crippen molar-refractivity contribution in [3.05, 3.63) is 17.7 Å². The van der Waals surface area contributed by atoms with Crippen LogP contribution >= 0.6 is 0 Å². The summed E-state index contributed by atoms with van der Waals surface area (Å²) in [7, 11) is 0. The number of rotatable bonds is 4. The second-order valence-electron chi connectivity index (χ2n) is 3.40. The third kappa shape index (κ3) is 2.58. The number of nitrogens with one attached hydrogen (secondary N) is 1. The number of carbonyl (C=O) groups excluding carboxylic acids is 1. The van der Waals surface area contributed by atoms with E-state index in [1.54, 1.807) is 13.3 Å². The van der Waals surface area contributed by atoms with Crippen LogP contribution in [0.25, 0.3) is 0 Å². The fourth-order valence-electron chi connectivity index (χ4n) is 1.33. The fourth-order valence-corrected chi connectivity index (χ4v) is 1.33. The number of H-pyrrole nitrogens is 1. The molecule has 0 saturated heterocycles. The number of ether oxygens (including phenoxy) is 1. The Labute approximate surface area is 83.7 Å². The Morgan fingerprint density at radius 2 is 2.36 bits per heavy atom. The first kappa shape index (κ1) is 10.8. The first-order valence-electron chi connectivity index (χ1n) is 4.82. The van der Waals surface area contributed by atoms with E-state index in [4.69, 9.17) is 4.74 Å². The summed E-state index contributed by atoms with van der Waals surface area (Å²) in [6.45, 7) is 6.31. The Kier molecular flexibility index (Phi) is 3.68. The van der Waals surface area contributed by atoms with E-state index >= 15 is 0 Å². The quantitative estimate of drug-likeness (QED) is 0.745. The van der Waals surface area contributed by atoms with E-state index < -0.39 is 0 Å². The van der Waals surface area contributed by atoms with Crippen molar-refractivity contribution in [2.45, 2.75) is 33.1 Å². The molecule has 1 heterocycles. The largest absolute Gasteiger partial charge is 0.466 e. The molecule has 0 aromatic carbocycles. The van der Waals surface area contributed by atoms with Gasteiger partial charge < -0.3 is 9.72 Å². The van der Waals surface area contributed by atoms with Gasteiger partial charge in [0, 0.05) is 5.69 Å². The lowest BCUT2D eigenvalue weighted by Gasteiger charge is -2.05. The molecule has 0 aliphatic carbocycles. The van der Waals surface area contributed by atoms with Crippen molar-refractivity contribution in [2.24, 2.45) is 0 Å². The third-order valence-corrected chi connectivity index (χ3v) is 1.92. The highest BCUT2D eigenvalue weighted by atomic mass is 16.5. The number of hydrogen-bond donors (Lipinski definition) is 1. The zero-order valence-corrected chi connectivity index (χ0v) is 8.83. The minimum absolute atomic E-state index is 0.210. The molecule has 0 atom stereocenters. The lowest BCUT2D eigenvalue weighted by atomic mass is 10.1. The summed E-state index contributed by atoms with van der Waals surface area (Å²) in [4.78, 5) is 18.3. The maximum atomic E-state index is 11.2. The standard InChI is InChI=1S/C10H16N2O2/c1-4-14-9(13)5-8-10(7(2)3)12-6-11-8/h6-7H,4-5H2,1-3H3,(H,11,12). The van der Waals surface area contributed by atoms with Gasteiger partial charge in [0.05, 0.1) is 25.0 Å². The van der Waals surface area contributed by atoms with Crippen LogP contribution in [0.2, 0.25) is 0 Å². The molecular weight excluding hydrogens is 180 g/mol. The zero-order valence-electron chi connectivity index (χ0n) is 8.83. The van der Waals surface area contributed by atoms with Gasteiger partial charge >= 0.3 is 5.97 Å². The molecule has 0 aliphatic rings. The van der Waals surface area contributed by atoms with Crippen LogP contribution in [0.4, 0.5) is 0 Å². The molecule has 0 unspecified atom stereocenters. The summed E-state index contributed by atoms with van der Waals surface area (Å²) in [5.41, 5.74) is 1.80. The number of nitrogens with zero attached hydrogens (tertiary/aromatic N) is 1. The van der Waals surface area contributed by atoms with Gasteiger partial charge in [-0.3, -0.25) is 4.79 Å². The summed E-state index contributed by atoms with van der Waals surface area (Å²) in [6, 6.07) is 0. The fraction of sp³-hybridized carbons (Fsp3) is 0.600. The van der Waals surface area contributed by atoms with Crippen LogP contribution in [0.5, 0.6) is 0 Å². The van der Waals surface area contributed by atoms with Crippen molar-refractivity contribution >= 4 is 5.97 Å². The van der Waals surface area contributed by atoms with E-state index in [0.29, 0.717) is 12.5 Å². The van der Waals surface area contributed by atoms with Gasteiger partial charge in [0.25, 0.3) is 0 Å². The van der Waals surface area contributed by atoms with E-state index in [1.165, 1.54) is 0 Å². The number of carbonyl (C=O) groups is 1. The topological polar surface area (TPSA) is 55.0 Å². The van der Waals surface area contributed by atoms with Gasteiger partial charge in [-0.15, -0.1) is 0 Å². The number of esters is 1. The molecule has 1 aromatic heterocycles. The van der Waals surface area contributed by atoms with Crippen molar-refractivity contribution in [1.29, 1.82) is 0 Å². The van der Waals surface area contributed by atoms with E-state index in [9.17, 15) is 4.79 Å². The predicted octanol–water partition coefficient (Wildman–Crippen LogP) is 1.64. The van der Waals surface area contributed by atoms with Gasteiger partial charge in [-0.05, 0) is 12.8 Å². The summed E-state index contributed by atoms with van der Waals surface area (Å²) in [5.74, 6) is 0.115. The maximum Gasteiger partial charge on any atom is 0.311 e. The van der Waals surface area contributed by atoms with Crippen molar-refractivity contribution < 1.29 is 9.53 Å². The highest BCUT2D eigenvalue weighted by Gasteiger charge is 2.13. The van der Waals surface area contributed by atoms with Crippen LogP contribution in [0, 0.1) is 0 Å². The molecule has 1 aromatic rings. The average molecular weight is 196 g/mol. The van der Waals surface area contributed by atoms with E-state index in [1.807, 2.05) is 13.8 Å². The molecule has 0 saturated carbocycles. The number of hydrogen-bond acceptors (Lipinski definition) is 3. The molecule has 0 aliphatic heterocycles. The maximum absolute atomic E-state index is 11.2. The van der Waals surface area contributed by atoms with Crippen molar-refractivity contribution in [3.63, 3.8) is 0 Å². The Morgan fingerprint density at radius 3 is 2.93 bits per heavy atom. The van der Waals surface area contributed by atoms with Gasteiger partial charge in [0.2, 0.25) is 0 Å². The molecule has 0 spiro atoms. The van der Waals surface area contributed by atoms with Crippen LogP contribution in [-0.2, 0) is 16.0 Å². The first-order chi connectivity index (χ1) is 6.65. The first-order valence-corrected chi connectivity index (χ1v) is 4.82. The lowest BCUT2D eigenvalue weighted by Crippen LogP contribution is -2.09. The summed E-state index contributed by atoms with van der Waals surface area (Å²) in [5, 5.41) is 0. The Bertz CT molecular complexity index is 305. The smallest absolute Gasteiger partial charge is 0.311 e. The Balaban J connectivity index is 2.66. The minimum Gasteiger partial charge on any atom is -0.466 e. The van der Waals surface area contributed by atoms with Gasteiger partial charge in [-0.2, -0.15) is 0 Å². The summed E-state index contributed by atoms with van der Waals surface area (Å²) in [6.07, 6.45) is 1.89. The Hall–Kier alpha value is -1.32. The number of aromatic nitrogens is 2.